The van der Waals surface area contributed by atoms with Crippen molar-refractivity contribution in [3.05, 3.63) is 35.4 Å². The molecule has 1 saturated heterocycles. The van der Waals surface area contributed by atoms with Gasteiger partial charge in [0.2, 0.25) is 5.78 Å². The van der Waals surface area contributed by atoms with Crippen LogP contribution < -0.4 is 10.2 Å². The van der Waals surface area contributed by atoms with Crippen LogP contribution in [0, 0.1) is 6.92 Å². The second-order valence-corrected chi connectivity index (χ2v) is 8.45. The molecule has 3 rings (SSSR count). The fraction of sp³-hybridized carbons (Fsp3) is 0.560. The maximum atomic E-state index is 12.4. The number of rotatable bonds is 10. The van der Waals surface area contributed by atoms with Gasteiger partial charge in [0.25, 0.3) is 5.91 Å². The summed E-state index contributed by atoms with van der Waals surface area (Å²) in [6, 6.07) is 8.01. The molecule has 1 aliphatic rings. The molecule has 32 heavy (non-hydrogen) atoms. The van der Waals surface area contributed by atoms with E-state index in [4.69, 9.17) is 4.98 Å². The third-order valence-corrected chi connectivity index (χ3v) is 6.44. The van der Waals surface area contributed by atoms with Crippen LogP contribution in [0.15, 0.2) is 24.3 Å². The summed E-state index contributed by atoms with van der Waals surface area (Å²) < 4.78 is 0. The van der Waals surface area contributed by atoms with Gasteiger partial charge in [0.15, 0.2) is 0 Å². The van der Waals surface area contributed by atoms with Crippen LogP contribution in [0.5, 0.6) is 0 Å². The summed E-state index contributed by atoms with van der Waals surface area (Å²) in [5.41, 5.74) is 2.91. The van der Waals surface area contributed by atoms with E-state index in [1.54, 1.807) is 0 Å². The minimum atomic E-state index is -0.506. The fourth-order valence-corrected chi connectivity index (χ4v) is 4.22. The number of piperazine rings is 1. The van der Waals surface area contributed by atoms with Gasteiger partial charge in [-0.05, 0) is 55.9 Å². The van der Waals surface area contributed by atoms with E-state index in [1.807, 2.05) is 18.2 Å². The first-order valence-electron chi connectivity index (χ1n) is 11.9. The van der Waals surface area contributed by atoms with Crippen LogP contribution in [-0.2, 0) is 16.0 Å². The van der Waals surface area contributed by atoms with Crippen molar-refractivity contribution in [1.29, 1.82) is 0 Å². The first kappa shape index (κ1) is 24.1. The standard InChI is InChI=1S/C25H37N5O2/c1-5-28(6-2)11-10-26-25(32)23(31)18-20-8-9-22-21(17-20)19(4)16-24(27-22)30-14-12-29(7-3)13-15-30/h8-9,16-17H,5-7,10-15,18H2,1-4H3,(H,26,32). The molecule has 174 valence electrons. The summed E-state index contributed by atoms with van der Waals surface area (Å²) in [6.07, 6.45) is 0.104. The highest BCUT2D eigenvalue weighted by molar-refractivity contribution is 6.36. The Hall–Kier alpha value is -2.51. The Morgan fingerprint density at radius 2 is 1.78 bits per heavy atom. The fourth-order valence-electron chi connectivity index (χ4n) is 4.22. The predicted octanol–water partition coefficient (Wildman–Crippen LogP) is 2.25. The molecule has 1 aromatic heterocycles. The third-order valence-electron chi connectivity index (χ3n) is 6.44. The molecule has 0 saturated carbocycles. The van der Waals surface area contributed by atoms with E-state index in [0.29, 0.717) is 6.54 Å². The summed E-state index contributed by atoms with van der Waals surface area (Å²) in [5, 5.41) is 3.79. The maximum absolute atomic E-state index is 12.4. The van der Waals surface area contributed by atoms with Crippen molar-refractivity contribution in [2.75, 3.05) is 63.8 Å². The van der Waals surface area contributed by atoms with E-state index >= 15 is 0 Å². The van der Waals surface area contributed by atoms with Gasteiger partial charge in [-0.25, -0.2) is 4.98 Å². The summed E-state index contributed by atoms with van der Waals surface area (Å²) in [4.78, 5) is 36.5. The Morgan fingerprint density at radius 1 is 1.06 bits per heavy atom. The van der Waals surface area contributed by atoms with Gasteiger partial charge in [-0.15, -0.1) is 0 Å². The number of fused-ring (bicyclic) bond motifs is 1. The van der Waals surface area contributed by atoms with Crippen LogP contribution in [0.3, 0.4) is 0 Å². The zero-order valence-corrected chi connectivity index (χ0v) is 20.0. The summed E-state index contributed by atoms with van der Waals surface area (Å²) in [5.74, 6) is 0.107. The van der Waals surface area contributed by atoms with Gasteiger partial charge in [-0.3, -0.25) is 9.59 Å². The molecular formula is C25H37N5O2. The van der Waals surface area contributed by atoms with E-state index in [2.05, 4.69) is 53.8 Å². The number of carbonyl (C=O) groups excluding carboxylic acids is 2. The first-order chi connectivity index (χ1) is 15.4. The SMILES string of the molecule is CCN(CC)CCNC(=O)C(=O)Cc1ccc2nc(N3CCN(CC)CC3)cc(C)c2c1. The molecule has 1 aromatic carbocycles. The van der Waals surface area contributed by atoms with Crippen molar-refractivity contribution in [1.82, 2.24) is 20.1 Å². The second kappa shape index (κ2) is 11.4. The lowest BCUT2D eigenvalue weighted by Crippen LogP contribution is -2.46. The molecule has 0 atom stereocenters. The van der Waals surface area contributed by atoms with Crippen LogP contribution in [0.1, 0.15) is 31.9 Å². The zero-order chi connectivity index (χ0) is 23.1. The number of anilines is 1. The normalized spacial score (nSPS) is 14.8. The smallest absolute Gasteiger partial charge is 0.287 e. The Kier molecular flexibility index (Phi) is 8.59. The van der Waals surface area contributed by atoms with Crippen LogP contribution in [0.2, 0.25) is 0 Å². The number of aryl methyl sites for hydroxylation is 1. The molecule has 1 N–H and O–H groups in total. The minimum Gasteiger partial charge on any atom is -0.354 e. The van der Waals surface area contributed by atoms with Gasteiger partial charge in [0, 0.05) is 51.1 Å². The van der Waals surface area contributed by atoms with Crippen LogP contribution in [0.25, 0.3) is 10.9 Å². The van der Waals surface area contributed by atoms with Crippen LogP contribution >= 0.6 is 0 Å². The molecule has 1 aliphatic heterocycles. The lowest BCUT2D eigenvalue weighted by atomic mass is 10.0. The molecule has 7 nitrogen and oxygen atoms in total. The van der Waals surface area contributed by atoms with E-state index in [9.17, 15) is 9.59 Å². The van der Waals surface area contributed by atoms with Crippen molar-refractivity contribution in [2.24, 2.45) is 0 Å². The Morgan fingerprint density at radius 3 is 2.44 bits per heavy atom. The number of Topliss-reactive ketones (excluding diaryl/α,β-unsaturated/α-hetero) is 1. The molecule has 0 bridgehead atoms. The van der Waals surface area contributed by atoms with Crippen molar-refractivity contribution in [3.8, 4) is 0 Å². The maximum Gasteiger partial charge on any atom is 0.287 e. The van der Waals surface area contributed by atoms with Gasteiger partial charge in [0.1, 0.15) is 5.82 Å². The average Bonchev–Trinajstić information content (AvgIpc) is 2.82. The minimum absolute atomic E-state index is 0.104. The number of hydrogen-bond acceptors (Lipinski definition) is 6. The Bertz CT molecular complexity index is 933. The van der Waals surface area contributed by atoms with E-state index in [-0.39, 0.29) is 6.42 Å². The van der Waals surface area contributed by atoms with Crippen molar-refractivity contribution < 1.29 is 9.59 Å². The topological polar surface area (TPSA) is 68.8 Å². The van der Waals surface area contributed by atoms with Gasteiger partial charge >= 0.3 is 0 Å². The number of nitrogens with one attached hydrogen (secondary N) is 1. The van der Waals surface area contributed by atoms with E-state index in [1.165, 1.54) is 0 Å². The number of nitrogens with zero attached hydrogens (tertiary/aromatic N) is 4. The zero-order valence-electron chi connectivity index (χ0n) is 20.0. The molecule has 0 radical (unpaired) electrons. The van der Waals surface area contributed by atoms with Gasteiger partial charge in [0.05, 0.1) is 5.52 Å². The molecule has 7 heteroatoms. The lowest BCUT2D eigenvalue weighted by molar-refractivity contribution is -0.137. The number of amides is 1. The molecular weight excluding hydrogens is 402 g/mol. The summed E-state index contributed by atoms with van der Waals surface area (Å²) in [7, 11) is 0. The van der Waals surface area contributed by atoms with Crippen LogP contribution in [-0.4, -0.2) is 85.4 Å². The highest BCUT2D eigenvalue weighted by Gasteiger charge is 2.19. The highest BCUT2D eigenvalue weighted by Crippen LogP contribution is 2.24. The molecule has 2 aromatic rings. The van der Waals surface area contributed by atoms with Crippen molar-refractivity contribution in [2.45, 2.75) is 34.1 Å². The lowest BCUT2D eigenvalue weighted by Gasteiger charge is -2.35. The summed E-state index contributed by atoms with van der Waals surface area (Å²) >= 11 is 0. The number of likely N-dealkylation sites (N-methyl/N-ethyl adjacent to an activating group) is 2. The summed E-state index contributed by atoms with van der Waals surface area (Å²) in [6.45, 7) is 16.8. The monoisotopic (exact) mass is 439 g/mol. The number of pyridine rings is 1. The average molecular weight is 440 g/mol. The number of aromatic nitrogens is 1. The van der Waals surface area contributed by atoms with Gasteiger partial charge < -0.3 is 20.0 Å². The Labute approximate surface area is 191 Å². The highest BCUT2D eigenvalue weighted by atomic mass is 16.2. The molecule has 2 heterocycles. The second-order valence-electron chi connectivity index (χ2n) is 8.45. The number of benzene rings is 1. The predicted molar refractivity (Wildman–Crippen MR) is 130 cm³/mol. The molecule has 1 amide bonds. The number of carbonyl (C=O) groups is 2. The van der Waals surface area contributed by atoms with Gasteiger partial charge in [-0.2, -0.15) is 0 Å². The van der Waals surface area contributed by atoms with Crippen LogP contribution in [0.4, 0.5) is 5.82 Å². The van der Waals surface area contributed by atoms with Crippen molar-refractivity contribution >= 4 is 28.4 Å². The Balaban J connectivity index is 1.63. The molecule has 0 unspecified atom stereocenters. The number of hydrogen-bond donors (Lipinski definition) is 1. The quantitative estimate of drug-likeness (QED) is 0.573. The number of ketones is 1. The van der Waals surface area contributed by atoms with Crippen molar-refractivity contribution in [3.63, 3.8) is 0 Å². The van der Waals surface area contributed by atoms with Gasteiger partial charge in [-0.1, -0.05) is 26.8 Å². The first-order valence-corrected chi connectivity index (χ1v) is 11.9. The van der Waals surface area contributed by atoms with E-state index < -0.39 is 11.7 Å². The molecule has 0 spiro atoms. The van der Waals surface area contributed by atoms with E-state index in [0.717, 1.165) is 80.2 Å². The largest absolute Gasteiger partial charge is 0.354 e. The molecule has 1 fully saturated rings. The third kappa shape index (κ3) is 6.04. The molecule has 0 aliphatic carbocycles.